The van der Waals surface area contributed by atoms with E-state index in [0.29, 0.717) is 18.3 Å². The molecule has 1 fully saturated rings. The number of rotatable bonds is 2. The number of piperidine rings is 1. The SMILES string of the molecule is CN(C)c1cnc(C(=O)N2C[C@H]3CCCCN3c3ccccc32)cn1. The lowest BCUT2D eigenvalue weighted by atomic mass is 9.96. The predicted octanol–water partition coefficient (Wildman–Crippen LogP) is 2.56. The molecule has 1 amide bonds. The van der Waals surface area contributed by atoms with E-state index in [9.17, 15) is 4.79 Å². The van der Waals surface area contributed by atoms with Gasteiger partial charge >= 0.3 is 0 Å². The molecule has 25 heavy (non-hydrogen) atoms. The molecule has 2 aliphatic heterocycles. The van der Waals surface area contributed by atoms with E-state index in [4.69, 9.17) is 0 Å². The highest BCUT2D eigenvalue weighted by molar-refractivity contribution is 6.07. The molecule has 4 rings (SSSR count). The van der Waals surface area contributed by atoms with E-state index in [-0.39, 0.29) is 5.91 Å². The van der Waals surface area contributed by atoms with Crippen LogP contribution in [0.2, 0.25) is 0 Å². The summed E-state index contributed by atoms with van der Waals surface area (Å²) in [6.07, 6.45) is 6.80. The van der Waals surface area contributed by atoms with E-state index < -0.39 is 0 Å². The van der Waals surface area contributed by atoms with Crippen LogP contribution < -0.4 is 14.7 Å². The summed E-state index contributed by atoms with van der Waals surface area (Å²) in [5.74, 6) is 0.671. The Balaban J connectivity index is 1.68. The number of para-hydroxylation sites is 2. The molecule has 1 aromatic carbocycles. The largest absolute Gasteiger partial charge is 0.365 e. The van der Waals surface area contributed by atoms with Gasteiger partial charge in [-0.1, -0.05) is 12.1 Å². The van der Waals surface area contributed by atoms with Gasteiger partial charge in [-0.3, -0.25) is 4.79 Å². The Kier molecular flexibility index (Phi) is 4.03. The van der Waals surface area contributed by atoms with Gasteiger partial charge in [-0.15, -0.1) is 0 Å². The van der Waals surface area contributed by atoms with Crippen LogP contribution in [-0.4, -0.2) is 49.1 Å². The van der Waals surface area contributed by atoms with E-state index in [1.54, 1.807) is 12.4 Å². The standard InChI is InChI=1S/C19H23N5O/c1-22(2)18-12-20-15(11-21-18)19(25)24-13-14-7-5-6-10-23(14)16-8-3-4-9-17(16)24/h3-4,8-9,11-12,14H,5-7,10,13H2,1-2H3/t14-/m1/s1. The number of hydrogen-bond acceptors (Lipinski definition) is 5. The zero-order valence-corrected chi connectivity index (χ0v) is 14.7. The van der Waals surface area contributed by atoms with E-state index >= 15 is 0 Å². The second-order valence-electron chi connectivity index (χ2n) is 6.90. The highest BCUT2D eigenvalue weighted by atomic mass is 16.2. The maximum atomic E-state index is 13.1. The van der Waals surface area contributed by atoms with E-state index in [1.165, 1.54) is 12.8 Å². The quantitative estimate of drug-likeness (QED) is 0.843. The first-order valence-electron chi connectivity index (χ1n) is 8.82. The van der Waals surface area contributed by atoms with Crippen LogP contribution in [0.4, 0.5) is 17.2 Å². The third kappa shape index (κ3) is 2.81. The minimum atomic E-state index is -0.0736. The molecule has 1 saturated heterocycles. The van der Waals surface area contributed by atoms with Crippen LogP contribution >= 0.6 is 0 Å². The van der Waals surface area contributed by atoms with Gasteiger partial charge in [-0.05, 0) is 31.4 Å². The van der Waals surface area contributed by atoms with Crippen molar-refractivity contribution in [2.24, 2.45) is 0 Å². The Bertz CT molecular complexity index is 774. The molecule has 0 radical (unpaired) electrons. The first-order valence-corrected chi connectivity index (χ1v) is 8.82. The van der Waals surface area contributed by atoms with Gasteiger partial charge in [-0.2, -0.15) is 0 Å². The van der Waals surface area contributed by atoms with Crippen molar-refractivity contribution in [3.63, 3.8) is 0 Å². The predicted molar refractivity (Wildman–Crippen MR) is 99.5 cm³/mol. The minimum Gasteiger partial charge on any atom is -0.365 e. The third-order valence-electron chi connectivity index (χ3n) is 5.06. The number of hydrogen-bond donors (Lipinski definition) is 0. The number of anilines is 3. The molecule has 0 N–H and O–H groups in total. The third-order valence-corrected chi connectivity index (χ3v) is 5.06. The maximum absolute atomic E-state index is 13.1. The zero-order valence-electron chi connectivity index (χ0n) is 14.7. The van der Waals surface area contributed by atoms with Crippen molar-refractivity contribution in [3.05, 3.63) is 42.4 Å². The lowest BCUT2D eigenvalue weighted by Crippen LogP contribution is -2.53. The normalized spacial score (nSPS) is 19.2. The summed E-state index contributed by atoms with van der Waals surface area (Å²) in [6, 6.07) is 8.57. The van der Waals surface area contributed by atoms with Crippen LogP contribution in [-0.2, 0) is 0 Å². The van der Waals surface area contributed by atoms with Crippen LogP contribution in [0.15, 0.2) is 36.7 Å². The summed E-state index contributed by atoms with van der Waals surface area (Å²) in [7, 11) is 3.81. The number of aromatic nitrogens is 2. The average Bonchev–Trinajstić information content (AvgIpc) is 2.67. The Hall–Kier alpha value is -2.63. The number of benzene rings is 1. The van der Waals surface area contributed by atoms with Crippen molar-refractivity contribution >= 4 is 23.1 Å². The fourth-order valence-corrected chi connectivity index (χ4v) is 3.75. The van der Waals surface area contributed by atoms with Crippen molar-refractivity contribution in [3.8, 4) is 0 Å². The van der Waals surface area contributed by atoms with Crippen molar-refractivity contribution in [1.29, 1.82) is 0 Å². The fourth-order valence-electron chi connectivity index (χ4n) is 3.75. The maximum Gasteiger partial charge on any atom is 0.278 e. The molecule has 2 aromatic rings. The highest BCUT2D eigenvalue weighted by Crippen LogP contribution is 2.38. The summed E-state index contributed by atoms with van der Waals surface area (Å²) in [5, 5.41) is 0. The molecular weight excluding hydrogens is 314 g/mol. The molecule has 0 bridgehead atoms. The number of carbonyl (C=O) groups excluding carboxylic acids is 1. The second-order valence-corrected chi connectivity index (χ2v) is 6.90. The van der Waals surface area contributed by atoms with Gasteiger partial charge in [0.05, 0.1) is 23.8 Å². The monoisotopic (exact) mass is 337 g/mol. The van der Waals surface area contributed by atoms with Crippen molar-refractivity contribution < 1.29 is 4.79 Å². The van der Waals surface area contributed by atoms with Crippen LogP contribution in [0.1, 0.15) is 29.8 Å². The lowest BCUT2D eigenvalue weighted by molar-refractivity contribution is 0.0977. The van der Waals surface area contributed by atoms with Crippen molar-refractivity contribution in [1.82, 2.24) is 9.97 Å². The van der Waals surface area contributed by atoms with E-state index in [2.05, 4.69) is 20.9 Å². The summed E-state index contributed by atoms with van der Waals surface area (Å²) in [5.41, 5.74) is 2.53. The molecule has 130 valence electrons. The molecule has 0 spiro atoms. The van der Waals surface area contributed by atoms with E-state index in [0.717, 1.165) is 30.2 Å². The molecule has 0 unspecified atom stereocenters. The van der Waals surface area contributed by atoms with Crippen LogP contribution in [0, 0.1) is 0 Å². The molecule has 6 nitrogen and oxygen atoms in total. The number of fused-ring (bicyclic) bond motifs is 3. The molecule has 1 aromatic heterocycles. The molecule has 3 heterocycles. The van der Waals surface area contributed by atoms with Crippen LogP contribution in [0.5, 0.6) is 0 Å². The van der Waals surface area contributed by atoms with Gasteiger partial charge in [0.25, 0.3) is 5.91 Å². The number of carbonyl (C=O) groups is 1. The van der Waals surface area contributed by atoms with E-state index in [1.807, 2.05) is 42.1 Å². The Morgan fingerprint density at radius 3 is 2.64 bits per heavy atom. The summed E-state index contributed by atoms with van der Waals surface area (Å²) < 4.78 is 0. The van der Waals surface area contributed by atoms with Gasteiger partial charge < -0.3 is 14.7 Å². The van der Waals surface area contributed by atoms with Crippen LogP contribution in [0.3, 0.4) is 0 Å². The van der Waals surface area contributed by atoms with Crippen molar-refractivity contribution in [2.45, 2.75) is 25.3 Å². The number of amides is 1. The zero-order chi connectivity index (χ0) is 17.4. The summed E-state index contributed by atoms with van der Waals surface area (Å²) in [6.45, 7) is 1.79. The Morgan fingerprint density at radius 1 is 1.12 bits per heavy atom. The second kappa shape index (κ2) is 6.35. The smallest absolute Gasteiger partial charge is 0.278 e. The van der Waals surface area contributed by atoms with Gasteiger partial charge in [0, 0.05) is 33.2 Å². The average molecular weight is 337 g/mol. The van der Waals surface area contributed by atoms with Gasteiger partial charge in [0.1, 0.15) is 11.5 Å². The van der Waals surface area contributed by atoms with Gasteiger partial charge in [0.2, 0.25) is 0 Å². The first kappa shape index (κ1) is 15.9. The molecule has 1 atom stereocenters. The molecule has 0 saturated carbocycles. The summed E-state index contributed by atoms with van der Waals surface area (Å²) >= 11 is 0. The molecular formula is C19H23N5O. The topological polar surface area (TPSA) is 52.6 Å². The molecule has 2 aliphatic rings. The minimum absolute atomic E-state index is 0.0736. The highest BCUT2D eigenvalue weighted by Gasteiger charge is 2.35. The van der Waals surface area contributed by atoms with Crippen molar-refractivity contribution in [2.75, 3.05) is 41.9 Å². The first-order chi connectivity index (χ1) is 12.1. The lowest BCUT2D eigenvalue weighted by Gasteiger charge is -2.46. The molecule has 0 aliphatic carbocycles. The van der Waals surface area contributed by atoms with Gasteiger partial charge in [-0.25, -0.2) is 9.97 Å². The molecule has 6 heteroatoms. The van der Waals surface area contributed by atoms with Crippen LogP contribution in [0.25, 0.3) is 0 Å². The fraction of sp³-hybridized carbons (Fsp3) is 0.421. The number of nitrogens with zero attached hydrogens (tertiary/aromatic N) is 5. The van der Waals surface area contributed by atoms with Gasteiger partial charge in [0.15, 0.2) is 0 Å². The Labute approximate surface area is 148 Å². The summed E-state index contributed by atoms with van der Waals surface area (Å²) in [4.78, 5) is 28.0. The Morgan fingerprint density at radius 2 is 1.92 bits per heavy atom.